The lowest BCUT2D eigenvalue weighted by atomic mass is 10.1. The molecule has 0 aliphatic carbocycles. The molecule has 0 spiro atoms. The third-order valence-corrected chi connectivity index (χ3v) is 10.6. The highest BCUT2D eigenvalue weighted by Gasteiger charge is 2.24. The zero-order valence-corrected chi connectivity index (χ0v) is 32.2. The average Bonchev–Trinajstić information content (AvgIpc) is 3.97. The molecule has 0 fully saturated rings. The van der Waals surface area contributed by atoms with Crippen molar-refractivity contribution in [1.82, 2.24) is 40.4 Å². The molecule has 0 saturated carbocycles. The van der Waals surface area contributed by atoms with E-state index in [4.69, 9.17) is 9.47 Å². The van der Waals surface area contributed by atoms with Gasteiger partial charge in [-0.15, -0.1) is 22.7 Å². The summed E-state index contributed by atoms with van der Waals surface area (Å²) in [7, 11) is 5.72. The van der Waals surface area contributed by atoms with E-state index in [1.807, 2.05) is 12.1 Å². The van der Waals surface area contributed by atoms with Gasteiger partial charge in [0.15, 0.2) is 0 Å². The number of amides is 4. The van der Waals surface area contributed by atoms with Gasteiger partial charge in [-0.25, -0.2) is 19.6 Å². The number of fused-ring (bicyclic) bond motifs is 2. The maximum Gasteiger partial charge on any atom is 0.407 e. The van der Waals surface area contributed by atoms with Crippen LogP contribution in [0.2, 0.25) is 0 Å². The number of H-pyrrole nitrogens is 2. The number of thiol groups is 2. The van der Waals surface area contributed by atoms with E-state index in [1.54, 1.807) is 36.4 Å². The van der Waals surface area contributed by atoms with E-state index < -0.39 is 12.2 Å². The molecule has 20 heteroatoms. The number of nitrogens with zero attached hydrogens (tertiary/aromatic N) is 4. The highest BCUT2D eigenvalue weighted by molar-refractivity contribution is 7.80. The number of nitrogens with one attached hydrogen (secondary N) is 4. The summed E-state index contributed by atoms with van der Waals surface area (Å²) in [6.07, 6.45) is 2.05. The molecular formula is C32H38N8O8S4. The van der Waals surface area contributed by atoms with Gasteiger partial charge in [-0.05, 0) is 12.1 Å². The summed E-state index contributed by atoms with van der Waals surface area (Å²) in [4.78, 5) is 69.0. The number of hydrogen-bond acceptors (Lipinski definition) is 14. The van der Waals surface area contributed by atoms with E-state index >= 15 is 0 Å². The van der Waals surface area contributed by atoms with Crippen molar-refractivity contribution in [3.63, 3.8) is 0 Å². The van der Waals surface area contributed by atoms with Crippen LogP contribution in [-0.4, -0.2) is 120 Å². The second-order valence-electron chi connectivity index (χ2n) is 11.0. The maximum absolute atomic E-state index is 12.8. The fraction of sp³-hybridized carbons (Fsp3) is 0.375. The quantitative estimate of drug-likeness (QED) is 0.0792. The Hall–Kier alpha value is -4.66. The van der Waals surface area contributed by atoms with Crippen molar-refractivity contribution >= 4 is 92.1 Å². The van der Waals surface area contributed by atoms with E-state index in [2.05, 4.69) is 65.3 Å². The molecule has 5 aromatic rings. The first kappa shape index (κ1) is 38.6. The summed E-state index contributed by atoms with van der Waals surface area (Å²) in [6.45, 7) is 0.700. The topological polar surface area (TPSA) is 193 Å². The van der Waals surface area contributed by atoms with E-state index in [9.17, 15) is 19.2 Å². The molecule has 0 bridgehead atoms. The molecular weight excluding hydrogens is 753 g/mol. The first-order valence-electron chi connectivity index (χ1n) is 15.7. The van der Waals surface area contributed by atoms with Gasteiger partial charge in [0, 0.05) is 35.4 Å². The van der Waals surface area contributed by atoms with Crippen LogP contribution < -0.4 is 20.1 Å². The monoisotopic (exact) mass is 790 g/mol. The van der Waals surface area contributed by atoms with Crippen LogP contribution in [0, 0.1) is 0 Å². The number of ether oxygens (including phenoxy) is 4. The van der Waals surface area contributed by atoms with Crippen molar-refractivity contribution in [2.75, 3.05) is 66.1 Å². The third-order valence-electron chi connectivity index (χ3n) is 7.83. The predicted octanol–water partition coefficient (Wildman–Crippen LogP) is 4.14. The zero-order chi connectivity index (χ0) is 37.4. The Kier molecular flexibility index (Phi) is 13.1. The Morgan fingerprint density at radius 3 is 1.46 bits per heavy atom. The molecule has 0 aliphatic heterocycles. The average molecular weight is 791 g/mol. The Labute approximate surface area is 317 Å². The number of thiophene rings is 2. The van der Waals surface area contributed by atoms with Crippen LogP contribution in [0.4, 0.5) is 9.59 Å². The Morgan fingerprint density at radius 2 is 1.12 bits per heavy atom. The summed E-state index contributed by atoms with van der Waals surface area (Å²) in [5.74, 6) is 2.79. The van der Waals surface area contributed by atoms with Crippen LogP contribution >= 0.6 is 47.9 Å². The number of carbonyl (C=O) groups is 4. The van der Waals surface area contributed by atoms with Crippen LogP contribution in [-0.2, 0) is 32.2 Å². The number of rotatable bonds is 16. The summed E-state index contributed by atoms with van der Waals surface area (Å²) < 4.78 is 22.9. The minimum Gasteiger partial charge on any atom is -0.495 e. The number of aromatic nitrogens is 4. The van der Waals surface area contributed by atoms with E-state index in [1.165, 1.54) is 36.9 Å². The Bertz CT molecular complexity index is 1860. The minimum absolute atomic E-state index is 0.198. The summed E-state index contributed by atoms with van der Waals surface area (Å²) in [6, 6.07) is 4.04. The molecule has 4 heterocycles. The van der Waals surface area contributed by atoms with Gasteiger partial charge in [0.05, 0.1) is 84.5 Å². The van der Waals surface area contributed by atoms with Gasteiger partial charge in [-0.1, -0.05) is 0 Å². The van der Waals surface area contributed by atoms with Crippen LogP contribution in [0.25, 0.3) is 41.3 Å². The lowest BCUT2D eigenvalue weighted by Gasteiger charge is -2.20. The Morgan fingerprint density at radius 1 is 0.712 bits per heavy atom. The number of benzene rings is 1. The first-order chi connectivity index (χ1) is 25.1. The molecule has 52 heavy (non-hydrogen) atoms. The number of methoxy groups -OCH3 is 4. The summed E-state index contributed by atoms with van der Waals surface area (Å²) in [5, 5.41) is 6.55. The molecule has 1 aromatic carbocycles. The van der Waals surface area contributed by atoms with Crippen molar-refractivity contribution in [3.05, 3.63) is 36.2 Å². The summed E-state index contributed by atoms with van der Waals surface area (Å²) >= 11 is 11.6. The normalized spacial score (nSPS) is 11.0. The summed E-state index contributed by atoms with van der Waals surface area (Å²) in [5.41, 5.74) is 1.51. The molecule has 0 radical (unpaired) electrons. The van der Waals surface area contributed by atoms with Gasteiger partial charge in [-0.2, -0.15) is 25.3 Å². The lowest BCUT2D eigenvalue weighted by molar-refractivity contribution is -0.131. The number of aromatic amines is 2. The van der Waals surface area contributed by atoms with Crippen molar-refractivity contribution in [2.24, 2.45) is 0 Å². The molecule has 4 amide bonds. The number of carbonyl (C=O) groups excluding carboxylic acids is 4. The maximum atomic E-state index is 12.8. The van der Waals surface area contributed by atoms with E-state index in [-0.39, 0.29) is 38.0 Å². The van der Waals surface area contributed by atoms with E-state index in [0.717, 1.165) is 41.3 Å². The standard InChI is InChI=1S/C32H38N8O8S4/c1-45-27-17-9-21(19-11-33-23(37-19)15-39(5-7-49)25(41)13-35-31(43)47-3)52-30(17)28(46-2)18-10-22(51-29(18)27)20-12-34-24(38-20)16-40(6-8-50)26(42)14-36-32(44)48-4/h9-12,49-50H,5-8,13-16H2,1-4H3,(H,33,37)(H,34,38)(H,35,43)(H,36,44). The number of alkyl carbamates (subject to hydrolysis) is 2. The molecule has 0 aliphatic rings. The van der Waals surface area contributed by atoms with Gasteiger partial charge in [0.25, 0.3) is 0 Å². The molecule has 16 nitrogen and oxygen atoms in total. The second-order valence-corrected chi connectivity index (χ2v) is 14.0. The van der Waals surface area contributed by atoms with Gasteiger partial charge in [0.2, 0.25) is 11.8 Å². The highest BCUT2D eigenvalue weighted by atomic mass is 32.1. The zero-order valence-electron chi connectivity index (χ0n) is 28.7. The second kappa shape index (κ2) is 17.7. The molecule has 4 aromatic heterocycles. The third kappa shape index (κ3) is 8.68. The minimum atomic E-state index is -0.688. The van der Waals surface area contributed by atoms with Gasteiger partial charge in [0.1, 0.15) is 36.2 Å². The first-order valence-corrected chi connectivity index (χ1v) is 18.6. The van der Waals surface area contributed by atoms with Gasteiger partial charge >= 0.3 is 12.2 Å². The molecule has 4 N–H and O–H groups in total. The van der Waals surface area contributed by atoms with Crippen molar-refractivity contribution < 1.29 is 38.1 Å². The number of hydrogen-bond donors (Lipinski definition) is 6. The van der Waals surface area contributed by atoms with Crippen molar-refractivity contribution in [2.45, 2.75) is 13.1 Å². The fourth-order valence-electron chi connectivity index (χ4n) is 5.36. The molecule has 0 saturated heterocycles. The molecule has 278 valence electrons. The van der Waals surface area contributed by atoms with Crippen LogP contribution in [0.1, 0.15) is 11.6 Å². The SMILES string of the molecule is COC(=O)NCC(=O)N(CCS)Cc1ncc(-c2cc3c(OC)c4sc(-c5cnc(CN(CCS)C(=O)CNC(=O)OC)[nH]5)cc4c(OC)c3s2)[nH]1. The van der Waals surface area contributed by atoms with Crippen LogP contribution in [0.3, 0.4) is 0 Å². The van der Waals surface area contributed by atoms with Gasteiger partial charge < -0.3 is 49.3 Å². The number of imidazole rings is 2. The van der Waals surface area contributed by atoms with E-state index in [0.29, 0.717) is 47.7 Å². The largest absolute Gasteiger partial charge is 0.495 e. The van der Waals surface area contributed by atoms with Crippen molar-refractivity contribution in [3.8, 4) is 32.6 Å². The molecule has 0 unspecified atom stereocenters. The van der Waals surface area contributed by atoms with Crippen LogP contribution in [0.15, 0.2) is 24.5 Å². The van der Waals surface area contributed by atoms with Crippen LogP contribution in [0.5, 0.6) is 11.5 Å². The Balaban J connectivity index is 1.39. The van der Waals surface area contributed by atoms with Crippen molar-refractivity contribution in [1.29, 1.82) is 0 Å². The van der Waals surface area contributed by atoms with Gasteiger partial charge in [-0.3, -0.25) is 9.59 Å². The highest BCUT2D eigenvalue weighted by Crippen LogP contribution is 2.51. The molecule has 5 rings (SSSR count). The lowest BCUT2D eigenvalue weighted by Crippen LogP contribution is -2.40. The predicted molar refractivity (Wildman–Crippen MR) is 205 cm³/mol. The smallest absolute Gasteiger partial charge is 0.407 e. The fourth-order valence-corrected chi connectivity index (χ4v) is 8.16. The molecule has 0 atom stereocenters.